The lowest BCUT2D eigenvalue weighted by atomic mass is 10.1. The molecule has 0 fully saturated rings. The molecule has 0 aliphatic heterocycles. The molecule has 4 aromatic rings. The molecule has 0 radical (unpaired) electrons. The molecule has 4 rings (SSSR count). The first-order valence-corrected chi connectivity index (χ1v) is 9.34. The first kappa shape index (κ1) is 20.2. The molecule has 0 aliphatic rings. The van der Waals surface area contributed by atoms with Crippen molar-refractivity contribution in [3.8, 4) is 17.1 Å². The average Bonchev–Trinajstić information content (AvgIpc) is 3.25. The van der Waals surface area contributed by atoms with E-state index in [4.69, 9.17) is 9.26 Å². The van der Waals surface area contributed by atoms with Crippen LogP contribution in [0.5, 0.6) is 5.75 Å². The van der Waals surface area contributed by atoms with Crippen LogP contribution in [0.4, 0.5) is 14.5 Å². The molecule has 0 spiro atoms. The largest absolute Gasteiger partial charge is 0.497 e. The molecule has 156 valence electrons. The van der Waals surface area contributed by atoms with E-state index in [2.05, 4.69) is 15.5 Å². The summed E-state index contributed by atoms with van der Waals surface area (Å²) in [5.41, 5.74) is 2.08. The van der Waals surface area contributed by atoms with Gasteiger partial charge in [-0.1, -0.05) is 29.4 Å². The standard InChI is InChI=1S/C23H17F2N3O3/c1-30-18-8-5-14(6-9-18)11-21-27-22(28-31-21)15-3-2-4-17(12-15)26-23(29)16-7-10-19(24)20(25)13-16/h2-10,12-13H,11H2,1H3,(H,26,29). The van der Waals surface area contributed by atoms with Crippen LogP contribution in [0.15, 0.2) is 71.3 Å². The molecule has 1 N–H and O–H groups in total. The second kappa shape index (κ2) is 8.74. The molecule has 0 saturated heterocycles. The fourth-order valence-corrected chi connectivity index (χ4v) is 2.94. The summed E-state index contributed by atoms with van der Waals surface area (Å²) in [4.78, 5) is 16.7. The Balaban J connectivity index is 1.47. The minimum absolute atomic E-state index is 0.00522. The normalized spacial score (nSPS) is 10.7. The number of aromatic nitrogens is 2. The molecule has 31 heavy (non-hydrogen) atoms. The predicted molar refractivity (Wildman–Crippen MR) is 110 cm³/mol. The Hall–Kier alpha value is -4.07. The number of carbonyl (C=O) groups is 1. The van der Waals surface area contributed by atoms with E-state index < -0.39 is 17.5 Å². The number of nitrogens with one attached hydrogen (secondary N) is 1. The Labute approximate surface area is 176 Å². The zero-order valence-corrected chi connectivity index (χ0v) is 16.4. The van der Waals surface area contributed by atoms with E-state index in [0.29, 0.717) is 29.4 Å². The second-order valence-corrected chi connectivity index (χ2v) is 6.70. The molecule has 6 nitrogen and oxygen atoms in total. The number of rotatable bonds is 6. The highest BCUT2D eigenvalue weighted by Gasteiger charge is 2.13. The van der Waals surface area contributed by atoms with E-state index in [1.807, 2.05) is 24.3 Å². The number of carbonyl (C=O) groups excluding carboxylic acids is 1. The van der Waals surface area contributed by atoms with Gasteiger partial charge in [-0.3, -0.25) is 4.79 Å². The van der Waals surface area contributed by atoms with Gasteiger partial charge in [-0.25, -0.2) is 8.78 Å². The van der Waals surface area contributed by atoms with Crippen LogP contribution in [-0.2, 0) is 6.42 Å². The third kappa shape index (κ3) is 4.75. The van der Waals surface area contributed by atoms with E-state index in [9.17, 15) is 13.6 Å². The van der Waals surface area contributed by atoms with Gasteiger partial charge in [0, 0.05) is 16.8 Å². The van der Waals surface area contributed by atoms with Crippen molar-refractivity contribution in [2.75, 3.05) is 12.4 Å². The van der Waals surface area contributed by atoms with E-state index in [0.717, 1.165) is 23.4 Å². The average molecular weight is 421 g/mol. The Morgan fingerprint density at radius 3 is 2.58 bits per heavy atom. The van der Waals surface area contributed by atoms with Gasteiger partial charge in [0.2, 0.25) is 11.7 Å². The van der Waals surface area contributed by atoms with Crippen LogP contribution >= 0.6 is 0 Å². The zero-order valence-electron chi connectivity index (χ0n) is 16.4. The molecule has 1 amide bonds. The zero-order chi connectivity index (χ0) is 21.8. The van der Waals surface area contributed by atoms with Crippen LogP contribution in [-0.4, -0.2) is 23.2 Å². The molecular weight excluding hydrogens is 404 g/mol. The first-order chi connectivity index (χ1) is 15.0. The minimum atomic E-state index is -1.09. The lowest BCUT2D eigenvalue weighted by Gasteiger charge is -2.06. The molecular formula is C23H17F2N3O3. The summed E-state index contributed by atoms with van der Waals surface area (Å²) in [6.45, 7) is 0. The topological polar surface area (TPSA) is 77.2 Å². The molecule has 8 heteroatoms. The molecule has 0 unspecified atom stereocenters. The molecule has 0 bridgehead atoms. The summed E-state index contributed by atoms with van der Waals surface area (Å²) in [5, 5.41) is 6.65. The van der Waals surface area contributed by atoms with Crippen LogP contribution < -0.4 is 10.1 Å². The number of benzene rings is 3. The number of ether oxygens (including phenoxy) is 1. The number of anilines is 1. The van der Waals surface area contributed by atoms with E-state index in [1.54, 1.807) is 31.4 Å². The van der Waals surface area contributed by atoms with Crippen molar-refractivity contribution < 1.29 is 22.8 Å². The van der Waals surface area contributed by atoms with Crippen LogP contribution in [0.25, 0.3) is 11.4 Å². The van der Waals surface area contributed by atoms with E-state index >= 15 is 0 Å². The van der Waals surface area contributed by atoms with Crippen molar-refractivity contribution in [3.63, 3.8) is 0 Å². The summed E-state index contributed by atoms with van der Waals surface area (Å²) in [6.07, 6.45) is 0.462. The van der Waals surface area contributed by atoms with Crippen LogP contribution in [0.2, 0.25) is 0 Å². The number of methoxy groups -OCH3 is 1. The second-order valence-electron chi connectivity index (χ2n) is 6.70. The molecule has 1 aromatic heterocycles. The predicted octanol–water partition coefficient (Wildman–Crippen LogP) is 4.87. The molecule has 3 aromatic carbocycles. The smallest absolute Gasteiger partial charge is 0.255 e. The number of halogens is 2. The summed E-state index contributed by atoms with van der Waals surface area (Å²) in [5.74, 6) is -1.09. The maximum atomic E-state index is 13.4. The number of hydrogen-bond acceptors (Lipinski definition) is 5. The summed E-state index contributed by atoms with van der Waals surface area (Å²) >= 11 is 0. The Morgan fingerprint density at radius 1 is 1.03 bits per heavy atom. The third-order valence-electron chi connectivity index (χ3n) is 4.54. The Morgan fingerprint density at radius 2 is 1.84 bits per heavy atom. The minimum Gasteiger partial charge on any atom is -0.497 e. The van der Waals surface area contributed by atoms with Crippen molar-refractivity contribution in [2.45, 2.75) is 6.42 Å². The Kier molecular flexibility index (Phi) is 5.70. The number of amides is 1. The molecule has 0 atom stereocenters. The fraction of sp³-hybridized carbons (Fsp3) is 0.0870. The number of nitrogens with zero attached hydrogens (tertiary/aromatic N) is 2. The molecule has 0 saturated carbocycles. The van der Waals surface area contributed by atoms with Crippen molar-refractivity contribution in [3.05, 3.63) is 95.4 Å². The van der Waals surface area contributed by atoms with E-state index in [-0.39, 0.29) is 5.56 Å². The lowest BCUT2D eigenvalue weighted by Crippen LogP contribution is -2.12. The van der Waals surface area contributed by atoms with Crippen LogP contribution in [0.1, 0.15) is 21.8 Å². The Bertz CT molecular complexity index is 1220. The van der Waals surface area contributed by atoms with Crippen molar-refractivity contribution in [1.82, 2.24) is 10.1 Å². The number of hydrogen-bond donors (Lipinski definition) is 1. The molecule has 1 heterocycles. The van der Waals surface area contributed by atoms with Gasteiger partial charge in [-0.15, -0.1) is 0 Å². The van der Waals surface area contributed by atoms with Crippen molar-refractivity contribution in [1.29, 1.82) is 0 Å². The van der Waals surface area contributed by atoms with Crippen molar-refractivity contribution in [2.24, 2.45) is 0 Å². The van der Waals surface area contributed by atoms with Gasteiger partial charge in [-0.2, -0.15) is 4.98 Å². The maximum absolute atomic E-state index is 13.4. The molecule has 0 aliphatic carbocycles. The van der Waals surface area contributed by atoms with E-state index in [1.165, 1.54) is 6.07 Å². The maximum Gasteiger partial charge on any atom is 0.255 e. The summed E-state index contributed by atoms with van der Waals surface area (Å²) in [7, 11) is 1.60. The van der Waals surface area contributed by atoms with Gasteiger partial charge in [0.1, 0.15) is 5.75 Å². The van der Waals surface area contributed by atoms with Gasteiger partial charge >= 0.3 is 0 Å². The highest BCUT2D eigenvalue weighted by atomic mass is 19.2. The van der Waals surface area contributed by atoms with Gasteiger partial charge < -0.3 is 14.6 Å². The van der Waals surface area contributed by atoms with Gasteiger partial charge in [0.05, 0.1) is 13.5 Å². The first-order valence-electron chi connectivity index (χ1n) is 9.34. The highest BCUT2D eigenvalue weighted by Crippen LogP contribution is 2.22. The third-order valence-corrected chi connectivity index (χ3v) is 4.54. The van der Waals surface area contributed by atoms with Crippen LogP contribution in [0.3, 0.4) is 0 Å². The van der Waals surface area contributed by atoms with Crippen LogP contribution in [0, 0.1) is 11.6 Å². The summed E-state index contributed by atoms with van der Waals surface area (Å²) < 4.78 is 36.9. The fourth-order valence-electron chi connectivity index (χ4n) is 2.94. The van der Waals surface area contributed by atoms with Gasteiger partial charge in [0.15, 0.2) is 11.6 Å². The highest BCUT2D eigenvalue weighted by molar-refractivity contribution is 6.04. The monoisotopic (exact) mass is 421 g/mol. The van der Waals surface area contributed by atoms with Gasteiger partial charge in [-0.05, 0) is 48.0 Å². The van der Waals surface area contributed by atoms with Gasteiger partial charge in [0.25, 0.3) is 5.91 Å². The SMILES string of the molecule is COc1ccc(Cc2nc(-c3cccc(NC(=O)c4ccc(F)c(F)c4)c3)no2)cc1. The van der Waals surface area contributed by atoms with Crippen molar-refractivity contribution >= 4 is 11.6 Å². The quantitative estimate of drug-likeness (QED) is 0.481. The summed E-state index contributed by atoms with van der Waals surface area (Å²) in [6, 6.07) is 17.3. The lowest BCUT2D eigenvalue weighted by molar-refractivity contribution is 0.102.